The summed E-state index contributed by atoms with van der Waals surface area (Å²) in [5.41, 5.74) is 1.20. The van der Waals surface area contributed by atoms with Crippen LogP contribution in [0.4, 0.5) is 0 Å². The van der Waals surface area contributed by atoms with Gasteiger partial charge in [0.2, 0.25) is 0 Å². The lowest BCUT2D eigenvalue weighted by Crippen LogP contribution is -2.45. The molecule has 0 aromatic carbocycles. The van der Waals surface area contributed by atoms with E-state index in [1.807, 2.05) is 19.2 Å². The minimum absolute atomic E-state index is 0.283. The fraction of sp³-hybridized carbons (Fsp3) is 0.583. The van der Waals surface area contributed by atoms with E-state index < -0.39 is 0 Å². The quantitative estimate of drug-likeness (QED) is 0.820. The molecule has 2 rings (SSSR count). The maximum Gasteiger partial charge on any atom is 0.129 e. The first-order valence-electron chi connectivity index (χ1n) is 5.87. The number of hydrogen-bond acceptors (Lipinski definition) is 4. The molecule has 1 N–H and O–H groups in total. The molecular formula is C12H18ClN3O. The van der Waals surface area contributed by atoms with E-state index in [0.717, 1.165) is 32.8 Å². The topological polar surface area (TPSA) is 37.4 Å². The Labute approximate surface area is 107 Å². The van der Waals surface area contributed by atoms with Crippen molar-refractivity contribution in [2.45, 2.75) is 12.6 Å². The van der Waals surface area contributed by atoms with Gasteiger partial charge in [-0.15, -0.1) is 0 Å². The van der Waals surface area contributed by atoms with Crippen LogP contribution in [0.25, 0.3) is 0 Å². The third-order valence-electron chi connectivity index (χ3n) is 2.85. The number of nitrogens with one attached hydrogen (secondary N) is 1. The van der Waals surface area contributed by atoms with Crippen molar-refractivity contribution in [1.82, 2.24) is 15.2 Å². The first kappa shape index (κ1) is 12.8. The molecule has 1 fully saturated rings. The summed E-state index contributed by atoms with van der Waals surface area (Å²) >= 11 is 5.88. The maximum atomic E-state index is 5.88. The molecule has 0 saturated carbocycles. The Kier molecular flexibility index (Phi) is 4.74. The van der Waals surface area contributed by atoms with Crippen LogP contribution in [0.2, 0.25) is 5.15 Å². The molecule has 1 aliphatic heterocycles. The molecule has 1 aliphatic rings. The number of rotatable bonds is 4. The van der Waals surface area contributed by atoms with Crippen LogP contribution in [-0.4, -0.2) is 49.3 Å². The molecule has 0 radical (unpaired) electrons. The number of hydrogen-bond donors (Lipinski definition) is 1. The summed E-state index contributed by atoms with van der Waals surface area (Å²) < 4.78 is 5.67. The molecule has 1 atom stereocenters. The number of pyridine rings is 1. The molecule has 1 aromatic rings. The summed E-state index contributed by atoms with van der Waals surface area (Å²) in [6, 6.07) is 3.93. The zero-order chi connectivity index (χ0) is 12.1. The third-order valence-corrected chi connectivity index (χ3v) is 3.06. The van der Waals surface area contributed by atoms with Crippen molar-refractivity contribution < 1.29 is 4.74 Å². The van der Waals surface area contributed by atoms with Gasteiger partial charge in [-0.05, 0) is 24.7 Å². The van der Waals surface area contributed by atoms with Crippen LogP contribution in [0.15, 0.2) is 18.3 Å². The predicted octanol–water partition coefficient (Wildman–Crippen LogP) is 1.16. The maximum absolute atomic E-state index is 5.88. The first-order chi connectivity index (χ1) is 8.28. The summed E-state index contributed by atoms with van der Waals surface area (Å²) in [7, 11) is 1.95. The van der Waals surface area contributed by atoms with Crippen LogP contribution < -0.4 is 5.32 Å². The lowest BCUT2D eigenvalue weighted by molar-refractivity contribution is -0.0291. The van der Waals surface area contributed by atoms with Gasteiger partial charge in [-0.25, -0.2) is 4.98 Å². The van der Waals surface area contributed by atoms with Crippen LogP contribution in [0.3, 0.4) is 0 Å². The summed E-state index contributed by atoms with van der Waals surface area (Å²) in [6.45, 7) is 4.53. The number of morpholine rings is 1. The fourth-order valence-corrected chi connectivity index (χ4v) is 2.27. The van der Waals surface area contributed by atoms with E-state index in [2.05, 4.69) is 15.2 Å². The molecule has 0 aliphatic carbocycles. The van der Waals surface area contributed by atoms with Crippen molar-refractivity contribution in [3.63, 3.8) is 0 Å². The Morgan fingerprint density at radius 2 is 2.53 bits per heavy atom. The Balaban J connectivity index is 1.90. The second-order valence-electron chi connectivity index (χ2n) is 4.27. The summed E-state index contributed by atoms with van der Waals surface area (Å²) in [4.78, 5) is 6.38. The first-order valence-corrected chi connectivity index (χ1v) is 6.24. The van der Waals surface area contributed by atoms with Crippen molar-refractivity contribution in [1.29, 1.82) is 0 Å². The predicted molar refractivity (Wildman–Crippen MR) is 68.2 cm³/mol. The highest BCUT2D eigenvalue weighted by atomic mass is 35.5. The van der Waals surface area contributed by atoms with Gasteiger partial charge in [-0.3, -0.25) is 4.90 Å². The molecule has 0 spiro atoms. The Bertz CT molecular complexity index is 359. The average Bonchev–Trinajstić information content (AvgIpc) is 2.30. The van der Waals surface area contributed by atoms with Gasteiger partial charge in [0.05, 0.1) is 12.7 Å². The van der Waals surface area contributed by atoms with Crippen molar-refractivity contribution in [3.8, 4) is 0 Å². The van der Waals surface area contributed by atoms with E-state index in [4.69, 9.17) is 16.3 Å². The van der Waals surface area contributed by atoms with Gasteiger partial charge in [-0.2, -0.15) is 0 Å². The lowest BCUT2D eigenvalue weighted by atomic mass is 10.2. The number of aromatic nitrogens is 1. The zero-order valence-electron chi connectivity index (χ0n) is 10.0. The van der Waals surface area contributed by atoms with Crippen LogP contribution >= 0.6 is 11.6 Å². The number of ether oxygens (including phenoxy) is 1. The van der Waals surface area contributed by atoms with Gasteiger partial charge < -0.3 is 10.1 Å². The molecule has 0 amide bonds. The minimum atomic E-state index is 0.283. The van der Waals surface area contributed by atoms with Gasteiger partial charge >= 0.3 is 0 Å². The summed E-state index contributed by atoms with van der Waals surface area (Å²) in [5.74, 6) is 0. The van der Waals surface area contributed by atoms with E-state index in [0.29, 0.717) is 5.15 Å². The molecule has 1 saturated heterocycles. The number of nitrogens with zero attached hydrogens (tertiary/aromatic N) is 2. The fourth-order valence-electron chi connectivity index (χ4n) is 2.07. The normalized spacial score (nSPS) is 21.6. The minimum Gasteiger partial charge on any atom is -0.374 e. The Morgan fingerprint density at radius 1 is 1.65 bits per heavy atom. The highest BCUT2D eigenvalue weighted by Crippen LogP contribution is 2.12. The average molecular weight is 256 g/mol. The Morgan fingerprint density at radius 3 is 3.29 bits per heavy atom. The van der Waals surface area contributed by atoms with Crippen molar-refractivity contribution >= 4 is 11.6 Å². The molecule has 2 heterocycles. The van der Waals surface area contributed by atoms with Crippen LogP contribution in [0.5, 0.6) is 0 Å². The lowest BCUT2D eigenvalue weighted by Gasteiger charge is -2.32. The van der Waals surface area contributed by atoms with E-state index in [1.165, 1.54) is 5.56 Å². The van der Waals surface area contributed by atoms with Gasteiger partial charge in [0.1, 0.15) is 5.15 Å². The molecule has 1 unspecified atom stereocenters. The second-order valence-corrected chi connectivity index (χ2v) is 4.66. The van der Waals surface area contributed by atoms with E-state index in [-0.39, 0.29) is 6.10 Å². The second kappa shape index (κ2) is 6.31. The SMILES string of the molecule is CNCC1CN(Cc2ccnc(Cl)c2)CCO1. The molecule has 1 aromatic heterocycles. The van der Waals surface area contributed by atoms with E-state index >= 15 is 0 Å². The van der Waals surface area contributed by atoms with Crippen LogP contribution in [0, 0.1) is 0 Å². The highest BCUT2D eigenvalue weighted by molar-refractivity contribution is 6.29. The number of likely N-dealkylation sites (N-methyl/N-ethyl adjacent to an activating group) is 1. The molecule has 17 heavy (non-hydrogen) atoms. The smallest absolute Gasteiger partial charge is 0.129 e. The van der Waals surface area contributed by atoms with Crippen LogP contribution in [-0.2, 0) is 11.3 Å². The van der Waals surface area contributed by atoms with E-state index in [1.54, 1.807) is 6.20 Å². The monoisotopic (exact) mass is 255 g/mol. The van der Waals surface area contributed by atoms with Crippen LogP contribution in [0.1, 0.15) is 5.56 Å². The molecule has 0 bridgehead atoms. The largest absolute Gasteiger partial charge is 0.374 e. The van der Waals surface area contributed by atoms with Gasteiger partial charge in [0.25, 0.3) is 0 Å². The number of halogens is 1. The highest BCUT2D eigenvalue weighted by Gasteiger charge is 2.19. The Hall–Kier alpha value is -0.680. The van der Waals surface area contributed by atoms with Gasteiger partial charge in [0, 0.05) is 32.4 Å². The summed E-state index contributed by atoms with van der Waals surface area (Å²) in [5, 5.41) is 3.71. The van der Waals surface area contributed by atoms with Crippen molar-refractivity contribution in [3.05, 3.63) is 29.0 Å². The standard InChI is InChI=1S/C12H18ClN3O/c1-14-7-11-9-16(4-5-17-11)8-10-2-3-15-12(13)6-10/h2-3,6,11,14H,4-5,7-9H2,1H3. The molecule has 4 nitrogen and oxygen atoms in total. The summed E-state index contributed by atoms with van der Waals surface area (Å²) in [6.07, 6.45) is 2.04. The van der Waals surface area contributed by atoms with Crippen molar-refractivity contribution in [2.24, 2.45) is 0 Å². The van der Waals surface area contributed by atoms with Gasteiger partial charge in [-0.1, -0.05) is 11.6 Å². The molecule has 5 heteroatoms. The molecular weight excluding hydrogens is 238 g/mol. The van der Waals surface area contributed by atoms with Crippen molar-refractivity contribution in [2.75, 3.05) is 33.3 Å². The van der Waals surface area contributed by atoms with Gasteiger partial charge in [0.15, 0.2) is 0 Å². The zero-order valence-corrected chi connectivity index (χ0v) is 10.8. The van der Waals surface area contributed by atoms with E-state index in [9.17, 15) is 0 Å². The third kappa shape index (κ3) is 3.92. The molecule has 94 valence electrons.